The number of nitrogen functional groups attached to an aromatic ring is 1. The van der Waals surface area contributed by atoms with Crippen molar-refractivity contribution in [2.75, 3.05) is 12.8 Å². The van der Waals surface area contributed by atoms with Crippen molar-refractivity contribution in [3.63, 3.8) is 0 Å². The summed E-state index contributed by atoms with van der Waals surface area (Å²) in [7, 11) is 1.76. The zero-order valence-corrected chi connectivity index (χ0v) is 14.7. The third kappa shape index (κ3) is 3.42. The summed E-state index contributed by atoms with van der Waals surface area (Å²) < 4.78 is 1.02. The fraction of sp³-hybridized carbons (Fsp3) is 0.118. The lowest BCUT2D eigenvalue weighted by atomic mass is 10.1. The van der Waals surface area contributed by atoms with Gasteiger partial charge in [0.2, 0.25) is 5.95 Å². The molecule has 0 aliphatic heterocycles. The van der Waals surface area contributed by atoms with Crippen LogP contribution in [-0.4, -0.2) is 27.8 Å². The molecule has 1 aromatic heterocycles. The van der Waals surface area contributed by atoms with Crippen molar-refractivity contribution in [1.82, 2.24) is 14.9 Å². The van der Waals surface area contributed by atoms with E-state index in [1.807, 2.05) is 48.5 Å². The van der Waals surface area contributed by atoms with Gasteiger partial charge in [-0.1, -0.05) is 30.3 Å². The summed E-state index contributed by atoms with van der Waals surface area (Å²) in [6.45, 7) is 0.509. The largest absolute Gasteiger partial charge is 0.368 e. The molecule has 0 saturated carbocycles. The summed E-state index contributed by atoms with van der Waals surface area (Å²) in [5.74, 6) is -0.0647. The molecule has 23 heavy (non-hydrogen) atoms. The molecule has 0 spiro atoms. The molecule has 3 aromatic rings. The molecule has 2 N–H and O–H groups in total. The second-order valence-electron chi connectivity index (χ2n) is 5.24. The zero-order valence-electron chi connectivity index (χ0n) is 12.5. The molecular formula is C17H15IN4O. The first-order valence-electron chi connectivity index (χ1n) is 7.07. The Balaban J connectivity index is 1.98. The lowest BCUT2D eigenvalue weighted by molar-refractivity contribution is 0.0781. The second kappa shape index (κ2) is 6.49. The number of hydrogen-bond donors (Lipinski definition) is 1. The molecule has 0 atom stereocenters. The average molecular weight is 418 g/mol. The minimum Gasteiger partial charge on any atom is -0.368 e. The van der Waals surface area contributed by atoms with Crippen LogP contribution in [0.25, 0.3) is 10.9 Å². The van der Waals surface area contributed by atoms with Gasteiger partial charge in [-0.2, -0.15) is 0 Å². The third-order valence-corrected chi connectivity index (χ3v) is 4.16. The van der Waals surface area contributed by atoms with Gasteiger partial charge in [0.15, 0.2) is 0 Å². The van der Waals surface area contributed by atoms with Crippen LogP contribution in [0.1, 0.15) is 16.1 Å². The maximum atomic E-state index is 12.8. The fourth-order valence-electron chi connectivity index (χ4n) is 2.39. The van der Waals surface area contributed by atoms with E-state index in [4.69, 9.17) is 5.73 Å². The van der Waals surface area contributed by atoms with E-state index in [0.717, 1.165) is 14.5 Å². The van der Waals surface area contributed by atoms with Crippen LogP contribution in [0.3, 0.4) is 0 Å². The van der Waals surface area contributed by atoms with Gasteiger partial charge >= 0.3 is 0 Å². The van der Waals surface area contributed by atoms with Crippen LogP contribution >= 0.6 is 22.6 Å². The first kappa shape index (κ1) is 15.7. The summed E-state index contributed by atoms with van der Waals surface area (Å²) in [6, 6.07) is 15.5. The molecule has 0 unspecified atom stereocenters. The summed E-state index contributed by atoms with van der Waals surface area (Å²) in [6.07, 6.45) is 0. The van der Waals surface area contributed by atoms with E-state index in [-0.39, 0.29) is 11.9 Å². The number of carbonyl (C=O) groups excluding carboxylic acids is 1. The van der Waals surface area contributed by atoms with Gasteiger partial charge in [-0.25, -0.2) is 9.97 Å². The van der Waals surface area contributed by atoms with Gasteiger partial charge in [0, 0.05) is 22.5 Å². The standard InChI is InChI=1S/C17H15IN4O/c1-22(10-11-5-3-2-4-6-11)16(23)15-13-9-12(18)7-8-14(13)20-17(19)21-15/h2-9H,10H2,1H3,(H2,19,20,21). The Morgan fingerprint density at radius 2 is 1.91 bits per heavy atom. The monoisotopic (exact) mass is 418 g/mol. The van der Waals surface area contributed by atoms with Gasteiger partial charge in [-0.05, 0) is 46.4 Å². The molecule has 2 aromatic carbocycles. The minimum atomic E-state index is -0.171. The Labute approximate surface area is 147 Å². The van der Waals surface area contributed by atoms with Gasteiger partial charge < -0.3 is 10.6 Å². The second-order valence-corrected chi connectivity index (χ2v) is 6.48. The number of halogens is 1. The van der Waals surface area contributed by atoms with Crippen LogP contribution in [0.15, 0.2) is 48.5 Å². The van der Waals surface area contributed by atoms with Crippen molar-refractivity contribution < 1.29 is 4.79 Å². The number of carbonyl (C=O) groups is 1. The Hall–Kier alpha value is -2.22. The Morgan fingerprint density at radius 3 is 2.65 bits per heavy atom. The van der Waals surface area contributed by atoms with Gasteiger partial charge in [0.1, 0.15) is 5.69 Å². The number of rotatable bonds is 3. The number of amides is 1. The zero-order chi connectivity index (χ0) is 16.4. The van der Waals surface area contributed by atoms with Gasteiger partial charge in [0.05, 0.1) is 5.52 Å². The van der Waals surface area contributed by atoms with E-state index in [1.165, 1.54) is 0 Å². The van der Waals surface area contributed by atoms with Crippen molar-refractivity contribution in [1.29, 1.82) is 0 Å². The first-order valence-corrected chi connectivity index (χ1v) is 8.14. The molecule has 0 fully saturated rings. The number of anilines is 1. The first-order chi connectivity index (χ1) is 11.0. The van der Waals surface area contributed by atoms with E-state index in [0.29, 0.717) is 17.8 Å². The van der Waals surface area contributed by atoms with Crippen molar-refractivity contribution in [2.45, 2.75) is 6.54 Å². The smallest absolute Gasteiger partial charge is 0.273 e. The van der Waals surface area contributed by atoms with Crippen LogP contribution in [0.4, 0.5) is 5.95 Å². The SMILES string of the molecule is CN(Cc1ccccc1)C(=O)c1nc(N)nc2ccc(I)cc12. The highest BCUT2D eigenvalue weighted by molar-refractivity contribution is 14.1. The maximum absolute atomic E-state index is 12.8. The van der Waals surface area contributed by atoms with Crippen molar-refractivity contribution in [2.24, 2.45) is 0 Å². The normalized spacial score (nSPS) is 10.7. The molecule has 0 aliphatic rings. The minimum absolute atomic E-state index is 0.107. The van der Waals surface area contributed by atoms with Crippen LogP contribution in [-0.2, 0) is 6.54 Å². The average Bonchev–Trinajstić information content (AvgIpc) is 2.54. The summed E-state index contributed by atoms with van der Waals surface area (Å²) in [5, 5.41) is 0.719. The lowest BCUT2D eigenvalue weighted by Crippen LogP contribution is -2.27. The quantitative estimate of drug-likeness (QED) is 0.664. The van der Waals surface area contributed by atoms with Crippen molar-refractivity contribution in [3.05, 3.63) is 63.4 Å². The van der Waals surface area contributed by atoms with E-state index in [2.05, 4.69) is 32.6 Å². The molecule has 116 valence electrons. The molecule has 3 rings (SSSR count). The van der Waals surface area contributed by atoms with Crippen LogP contribution in [0.2, 0.25) is 0 Å². The third-order valence-electron chi connectivity index (χ3n) is 3.49. The topological polar surface area (TPSA) is 72.1 Å². The van der Waals surface area contributed by atoms with Crippen molar-refractivity contribution >= 4 is 45.3 Å². The predicted octanol–water partition coefficient (Wildman–Crippen LogP) is 3.09. The molecule has 0 radical (unpaired) electrons. The van der Waals surface area contributed by atoms with Gasteiger partial charge in [0.25, 0.3) is 5.91 Å². The number of benzene rings is 2. The predicted molar refractivity (Wildman–Crippen MR) is 98.9 cm³/mol. The molecule has 0 saturated heterocycles. The van der Waals surface area contributed by atoms with Gasteiger partial charge in [-0.3, -0.25) is 4.79 Å². The molecular weight excluding hydrogens is 403 g/mol. The number of hydrogen-bond acceptors (Lipinski definition) is 4. The van der Waals surface area contributed by atoms with Gasteiger partial charge in [-0.15, -0.1) is 0 Å². The van der Waals surface area contributed by atoms with E-state index in [1.54, 1.807) is 11.9 Å². The molecule has 6 heteroatoms. The Kier molecular flexibility index (Phi) is 4.42. The molecule has 1 heterocycles. The number of nitrogens with two attached hydrogens (primary N) is 1. The molecule has 1 amide bonds. The summed E-state index contributed by atoms with van der Waals surface area (Å²) in [4.78, 5) is 22.8. The van der Waals surface area contributed by atoms with Crippen LogP contribution in [0, 0.1) is 3.57 Å². The number of fused-ring (bicyclic) bond motifs is 1. The Morgan fingerprint density at radius 1 is 1.17 bits per heavy atom. The summed E-state index contributed by atoms with van der Waals surface area (Å²) >= 11 is 2.20. The van der Waals surface area contributed by atoms with E-state index in [9.17, 15) is 4.79 Å². The Bertz CT molecular complexity index is 867. The molecule has 5 nitrogen and oxygen atoms in total. The fourth-order valence-corrected chi connectivity index (χ4v) is 2.88. The number of nitrogens with zero attached hydrogens (tertiary/aromatic N) is 3. The van der Waals surface area contributed by atoms with E-state index < -0.39 is 0 Å². The summed E-state index contributed by atoms with van der Waals surface area (Å²) in [5.41, 5.74) is 7.83. The molecule has 0 aliphatic carbocycles. The highest BCUT2D eigenvalue weighted by Crippen LogP contribution is 2.21. The number of aromatic nitrogens is 2. The highest BCUT2D eigenvalue weighted by Gasteiger charge is 2.18. The van der Waals surface area contributed by atoms with Crippen molar-refractivity contribution in [3.8, 4) is 0 Å². The van der Waals surface area contributed by atoms with Crippen LogP contribution in [0.5, 0.6) is 0 Å². The maximum Gasteiger partial charge on any atom is 0.273 e. The van der Waals surface area contributed by atoms with Crippen LogP contribution < -0.4 is 5.73 Å². The van der Waals surface area contributed by atoms with E-state index >= 15 is 0 Å². The highest BCUT2D eigenvalue weighted by atomic mass is 127. The lowest BCUT2D eigenvalue weighted by Gasteiger charge is -2.18. The molecule has 0 bridgehead atoms.